The zero-order valence-corrected chi connectivity index (χ0v) is 9.89. The van der Waals surface area contributed by atoms with E-state index in [4.69, 9.17) is 5.73 Å². The van der Waals surface area contributed by atoms with Crippen LogP contribution in [-0.4, -0.2) is 26.4 Å². The smallest absolute Gasteiger partial charge is 0.234 e. The topological polar surface area (TPSA) is 69.1 Å². The summed E-state index contributed by atoms with van der Waals surface area (Å²) in [6.45, 7) is 0.640. The summed E-state index contributed by atoms with van der Waals surface area (Å²) in [4.78, 5) is 0.808. The third kappa shape index (κ3) is 1.81. The molecule has 0 saturated carbocycles. The van der Waals surface area contributed by atoms with Crippen LogP contribution in [0.2, 0.25) is 0 Å². The molecule has 17 heavy (non-hydrogen) atoms. The van der Waals surface area contributed by atoms with Crippen molar-refractivity contribution in [3.63, 3.8) is 0 Å². The summed E-state index contributed by atoms with van der Waals surface area (Å²) in [6, 6.07) is 8.19. The Bertz CT molecular complexity index is 613. The van der Waals surface area contributed by atoms with Gasteiger partial charge < -0.3 is 5.73 Å². The Morgan fingerprint density at radius 1 is 1.29 bits per heavy atom. The van der Waals surface area contributed by atoms with E-state index in [0.717, 1.165) is 22.0 Å². The van der Waals surface area contributed by atoms with E-state index in [0.29, 0.717) is 6.54 Å². The molecule has 0 bridgehead atoms. The zero-order valence-electron chi connectivity index (χ0n) is 9.08. The van der Waals surface area contributed by atoms with Gasteiger partial charge in [0.15, 0.2) is 0 Å². The summed E-state index contributed by atoms with van der Waals surface area (Å²) in [5, 5.41) is 13.2. The Morgan fingerprint density at radius 3 is 3.00 bits per heavy atom. The lowest BCUT2D eigenvalue weighted by Crippen LogP contribution is -2.03. The number of aromatic nitrogens is 4. The summed E-state index contributed by atoms with van der Waals surface area (Å²) in [5.41, 5.74) is 7.97. The molecule has 0 fully saturated rings. The first-order chi connectivity index (χ1) is 8.38. The molecule has 0 aliphatic heterocycles. The molecule has 2 heterocycles. The molecule has 0 aliphatic carbocycles. The van der Waals surface area contributed by atoms with Gasteiger partial charge in [0.2, 0.25) is 4.96 Å². The number of nitrogens with zero attached hydrogens (tertiary/aromatic N) is 4. The molecule has 2 N–H and O–H groups in total. The number of hydrogen-bond acceptors (Lipinski definition) is 5. The molecule has 86 valence electrons. The van der Waals surface area contributed by atoms with Crippen molar-refractivity contribution >= 4 is 16.3 Å². The van der Waals surface area contributed by atoms with Crippen molar-refractivity contribution in [2.75, 3.05) is 6.54 Å². The third-order valence-corrected chi connectivity index (χ3v) is 3.49. The molecule has 0 amide bonds. The van der Waals surface area contributed by atoms with Gasteiger partial charge in [-0.3, -0.25) is 0 Å². The highest BCUT2D eigenvalue weighted by molar-refractivity contribution is 7.19. The predicted octanol–water partition coefficient (Wildman–Crippen LogP) is 1.35. The maximum absolute atomic E-state index is 5.62. The van der Waals surface area contributed by atoms with Crippen LogP contribution in [0.4, 0.5) is 0 Å². The van der Waals surface area contributed by atoms with Crippen molar-refractivity contribution in [3.05, 3.63) is 36.2 Å². The van der Waals surface area contributed by atoms with Crippen LogP contribution in [0.25, 0.3) is 15.5 Å². The van der Waals surface area contributed by atoms with Crippen molar-refractivity contribution in [2.45, 2.75) is 6.42 Å². The van der Waals surface area contributed by atoms with E-state index in [-0.39, 0.29) is 0 Å². The summed E-state index contributed by atoms with van der Waals surface area (Å²) in [6.07, 6.45) is 2.47. The average Bonchev–Trinajstić information content (AvgIpc) is 2.90. The fourth-order valence-electron chi connectivity index (χ4n) is 1.77. The molecule has 2 aromatic heterocycles. The minimum Gasteiger partial charge on any atom is -0.330 e. The molecule has 6 heteroatoms. The van der Waals surface area contributed by atoms with Gasteiger partial charge in [0, 0.05) is 5.56 Å². The SMILES string of the molecule is NCCc1ccccc1-c1nn2cnnc2s1. The number of hydrogen-bond donors (Lipinski definition) is 1. The maximum Gasteiger partial charge on any atom is 0.234 e. The first-order valence-electron chi connectivity index (χ1n) is 5.33. The molecule has 0 unspecified atom stereocenters. The molecular formula is C11H11N5S. The first kappa shape index (κ1) is 10.4. The highest BCUT2D eigenvalue weighted by atomic mass is 32.1. The highest BCUT2D eigenvalue weighted by Gasteiger charge is 2.10. The van der Waals surface area contributed by atoms with Crippen LogP contribution in [0.3, 0.4) is 0 Å². The van der Waals surface area contributed by atoms with Crippen molar-refractivity contribution in [1.29, 1.82) is 0 Å². The van der Waals surface area contributed by atoms with Gasteiger partial charge in [-0.2, -0.15) is 9.61 Å². The Balaban J connectivity index is 2.11. The van der Waals surface area contributed by atoms with Gasteiger partial charge in [-0.1, -0.05) is 35.6 Å². The number of nitrogens with two attached hydrogens (primary N) is 1. The lowest BCUT2D eigenvalue weighted by Gasteiger charge is -2.04. The molecule has 3 rings (SSSR count). The van der Waals surface area contributed by atoms with Crippen LogP contribution in [-0.2, 0) is 6.42 Å². The third-order valence-electron chi connectivity index (χ3n) is 2.55. The lowest BCUT2D eigenvalue weighted by molar-refractivity contribution is 0.947. The van der Waals surface area contributed by atoms with Crippen LogP contribution in [0.15, 0.2) is 30.6 Å². The summed E-state index contributed by atoms with van der Waals surface area (Å²) in [7, 11) is 0. The van der Waals surface area contributed by atoms with E-state index in [9.17, 15) is 0 Å². The van der Waals surface area contributed by atoms with Gasteiger partial charge in [-0.25, -0.2) is 0 Å². The Kier molecular flexibility index (Phi) is 2.58. The van der Waals surface area contributed by atoms with E-state index in [1.165, 1.54) is 16.9 Å². The quantitative estimate of drug-likeness (QED) is 0.756. The molecule has 0 atom stereocenters. The van der Waals surface area contributed by atoms with Gasteiger partial charge in [0.05, 0.1) is 0 Å². The van der Waals surface area contributed by atoms with Crippen LogP contribution in [0.5, 0.6) is 0 Å². The van der Waals surface area contributed by atoms with E-state index >= 15 is 0 Å². The van der Waals surface area contributed by atoms with Crippen LogP contribution >= 0.6 is 11.3 Å². The molecule has 0 radical (unpaired) electrons. The summed E-state index contributed by atoms with van der Waals surface area (Å²) >= 11 is 1.53. The predicted molar refractivity (Wildman–Crippen MR) is 66.9 cm³/mol. The van der Waals surface area contributed by atoms with E-state index in [1.54, 1.807) is 10.8 Å². The molecule has 1 aromatic carbocycles. The van der Waals surface area contributed by atoms with Crippen LogP contribution < -0.4 is 5.73 Å². The Hall–Kier alpha value is -1.79. The minimum atomic E-state index is 0.640. The van der Waals surface area contributed by atoms with Gasteiger partial charge >= 0.3 is 0 Å². The number of benzene rings is 1. The molecule has 0 saturated heterocycles. The van der Waals surface area contributed by atoms with Crippen molar-refractivity contribution in [2.24, 2.45) is 5.73 Å². The molecule has 0 aliphatic rings. The van der Waals surface area contributed by atoms with Crippen molar-refractivity contribution in [1.82, 2.24) is 19.8 Å². The number of rotatable bonds is 3. The minimum absolute atomic E-state index is 0.640. The first-order valence-corrected chi connectivity index (χ1v) is 6.15. The number of fused-ring (bicyclic) bond motifs is 1. The van der Waals surface area contributed by atoms with E-state index in [2.05, 4.69) is 27.4 Å². The molecule has 3 aromatic rings. The fraction of sp³-hybridized carbons (Fsp3) is 0.182. The van der Waals surface area contributed by atoms with Crippen LogP contribution in [0, 0.1) is 0 Å². The maximum atomic E-state index is 5.62. The summed E-state index contributed by atoms with van der Waals surface area (Å²) < 4.78 is 1.69. The zero-order chi connectivity index (χ0) is 11.7. The summed E-state index contributed by atoms with van der Waals surface area (Å²) in [5.74, 6) is 0. The lowest BCUT2D eigenvalue weighted by atomic mass is 10.1. The second-order valence-corrected chi connectivity index (χ2v) is 4.62. The Morgan fingerprint density at radius 2 is 2.18 bits per heavy atom. The second kappa shape index (κ2) is 4.23. The average molecular weight is 245 g/mol. The largest absolute Gasteiger partial charge is 0.330 e. The van der Waals surface area contributed by atoms with Crippen molar-refractivity contribution in [3.8, 4) is 10.6 Å². The highest BCUT2D eigenvalue weighted by Crippen LogP contribution is 2.27. The van der Waals surface area contributed by atoms with E-state index in [1.807, 2.05) is 12.1 Å². The van der Waals surface area contributed by atoms with Gasteiger partial charge in [-0.15, -0.1) is 10.2 Å². The van der Waals surface area contributed by atoms with Crippen LogP contribution in [0.1, 0.15) is 5.56 Å². The molecule has 5 nitrogen and oxygen atoms in total. The molecular weight excluding hydrogens is 234 g/mol. The van der Waals surface area contributed by atoms with Gasteiger partial charge in [0.25, 0.3) is 0 Å². The normalized spacial score (nSPS) is 11.1. The molecule has 0 spiro atoms. The van der Waals surface area contributed by atoms with E-state index < -0.39 is 0 Å². The fourth-order valence-corrected chi connectivity index (χ4v) is 2.65. The van der Waals surface area contributed by atoms with Crippen molar-refractivity contribution < 1.29 is 0 Å². The van der Waals surface area contributed by atoms with Gasteiger partial charge in [0.1, 0.15) is 11.3 Å². The Labute approximate surface area is 102 Å². The van der Waals surface area contributed by atoms with Gasteiger partial charge in [-0.05, 0) is 18.5 Å². The standard InChI is InChI=1S/C11H11N5S/c12-6-5-8-3-1-2-4-9(8)10-15-16-7-13-14-11(16)17-10/h1-4,7H,5-6,12H2. The second-order valence-electron chi connectivity index (χ2n) is 3.66. The monoisotopic (exact) mass is 245 g/mol.